The second-order valence-corrected chi connectivity index (χ2v) is 4.85. The van der Waals surface area contributed by atoms with E-state index >= 15 is 0 Å². The van der Waals surface area contributed by atoms with E-state index in [0.717, 1.165) is 6.42 Å². The minimum atomic E-state index is -0.367. The molecule has 0 aliphatic carbocycles. The van der Waals surface area contributed by atoms with Crippen molar-refractivity contribution >= 4 is 40.5 Å². The third-order valence-corrected chi connectivity index (χ3v) is 3.18. The van der Waals surface area contributed by atoms with E-state index in [4.69, 9.17) is 28.9 Å². The minimum absolute atomic E-state index is 0.0833. The third kappa shape index (κ3) is 3.02. The minimum Gasteiger partial charge on any atom is -0.397 e. The van der Waals surface area contributed by atoms with Crippen molar-refractivity contribution in [2.75, 3.05) is 11.1 Å². The Labute approximate surface area is 125 Å². The number of anilines is 2. The van der Waals surface area contributed by atoms with Gasteiger partial charge in [0.15, 0.2) is 10.3 Å². The maximum atomic E-state index is 12.3. The molecule has 106 valence electrons. The van der Waals surface area contributed by atoms with Gasteiger partial charge in [0.1, 0.15) is 17.7 Å². The first-order valence-electron chi connectivity index (χ1n) is 5.96. The molecule has 2 heterocycles. The van der Waals surface area contributed by atoms with Gasteiger partial charge in [-0.2, -0.15) is 0 Å². The zero-order valence-electron chi connectivity index (χ0n) is 10.7. The second kappa shape index (κ2) is 6.11. The topological polar surface area (TPSA) is 85.8 Å². The lowest BCUT2D eigenvalue weighted by Gasteiger charge is -2.10. The summed E-state index contributed by atoms with van der Waals surface area (Å²) >= 11 is 11.8. The number of carbonyl (C=O) groups excluding carboxylic acids is 1. The number of carbonyl (C=O) groups is 1. The first kappa shape index (κ1) is 14.6. The van der Waals surface area contributed by atoms with Crippen LogP contribution in [0.5, 0.6) is 0 Å². The molecule has 0 fully saturated rings. The Kier molecular flexibility index (Phi) is 4.46. The van der Waals surface area contributed by atoms with Gasteiger partial charge in [0, 0.05) is 12.7 Å². The van der Waals surface area contributed by atoms with E-state index < -0.39 is 0 Å². The van der Waals surface area contributed by atoms with Gasteiger partial charge < -0.3 is 15.6 Å². The quantitative estimate of drug-likeness (QED) is 0.850. The van der Waals surface area contributed by atoms with Gasteiger partial charge in [-0.05, 0) is 12.5 Å². The molecular weight excluding hydrogens is 301 g/mol. The number of nitrogen functional groups attached to an aromatic ring is 1. The van der Waals surface area contributed by atoms with Crippen LogP contribution in [-0.2, 0) is 6.54 Å². The smallest absolute Gasteiger partial charge is 0.272 e. The Morgan fingerprint density at radius 3 is 2.65 bits per heavy atom. The standard InChI is InChI=1S/C12H13Cl2N5O/c1-2-3-19-5-7(15)4-8(19)12(20)18-9-10(13)16-6-17-11(9)14/h4-6H,2-3,15H2,1H3,(H,18,20). The van der Waals surface area contributed by atoms with Gasteiger partial charge in [0.2, 0.25) is 0 Å². The first-order chi connectivity index (χ1) is 9.52. The molecule has 0 aromatic carbocycles. The maximum Gasteiger partial charge on any atom is 0.272 e. The fourth-order valence-corrected chi connectivity index (χ4v) is 2.18. The van der Waals surface area contributed by atoms with Crippen LogP contribution in [-0.4, -0.2) is 20.4 Å². The van der Waals surface area contributed by atoms with Gasteiger partial charge in [-0.3, -0.25) is 4.79 Å². The number of nitrogens with zero attached hydrogens (tertiary/aromatic N) is 3. The molecule has 1 amide bonds. The molecule has 0 bridgehead atoms. The van der Waals surface area contributed by atoms with Crippen LogP contribution in [0.1, 0.15) is 23.8 Å². The van der Waals surface area contributed by atoms with E-state index in [1.807, 2.05) is 6.92 Å². The zero-order chi connectivity index (χ0) is 14.7. The van der Waals surface area contributed by atoms with Crippen molar-refractivity contribution in [2.24, 2.45) is 0 Å². The molecule has 3 N–H and O–H groups in total. The molecule has 2 rings (SSSR count). The second-order valence-electron chi connectivity index (χ2n) is 4.14. The summed E-state index contributed by atoms with van der Waals surface area (Å²) in [6.45, 7) is 2.70. The van der Waals surface area contributed by atoms with Gasteiger partial charge in [0.05, 0.1) is 5.69 Å². The van der Waals surface area contributed by atoms with Crippen LogP contribution in [0.2, 0.25) is 10.3 Å². The lowest BCUT2D eigenvalue weighted by atomic mass is 10.3. The molecule has 0 unspecified atom stereocenters. The van der Waals surface area contributed by atoms with Gasteiger partial charge >= 0.3 is 0 Å². The number of hydrogen-bond acceptors (Lipinski definition) is 4. The van der Waals surface area contributed by atoms with Crippen molar-refractivity contribution in [3.05, 3.63) is 34.6 Å². The SMILES string of the molecule is CCCn1cc(N)cc1C(=O)Nc1c(Cl)ncnc1Cl. The summed E-state index contributed by atoms with van der Waals surface area (Å²) in [6, 6.07) is 1.59. The molecule has 20 heavy (non-hydrogen) atoms. The normalized spacial score (nSPS) is 10.6. The van der Waals surface area contributed by atoms with E-state index in [-0.39, 0.29) is 21.9 Å². The van der Waals surface area contributed by atoms with Crippen molar-refractivity contribution in [3.63, 3.8) is 0 Å². The van der Waals surface area contributed by atoms with Crippen molar-refractivity contribution < 1.29 is 4.79 Å². The number of aromatic nitrogens is 3. The Morgan fingerprint density at radius 2 is 2.05 bits per heavy atom. The summed E-state index contributed by atoms with van der Waals surface area (Å²) in [5.41, 5.74) is 6.86. The van der Waals surface area contributed by atoms with Gasteiger partial charge in [-0.1, -0.05) is 30.1 Å². The van der Waals surface area contributed by atoms with Crippen LogP contribution in [0.25, 0.3) is 0 Å². The average molecular weight is 314 g/mol. The molecule has 0 atom stereocenters. The van der Waals surface area contributed by atoms with Crippen LogP contribution in [0.4, 0.5) is 11.4 Å². The highest BCUT2D eigenvalue weighted by molar-refractivity contribution is 6.38. The highest BCUT2D eigenvalue weighted by Gasteiger charge is 2.16. The fraction of sp³-hybridized carbons (Fsp3) is 0.250. The summed E-state index contributed by atoms with van der Waals surface area (Å²) in [7, 11) is 0. The van der Waals surface area contributed by atoms with E-state index in [1.165, 1.54) is 6.33 Å². The summed E-state index contributed by atoms with van der Waals surface area (Å²) < 4.78 is 1.77. The number of nitrogens with one attached hydrogen (secondary N) is 1. The molecule has 2 aromatic rings. The largest absolute Gasteiger partial charge is 0.397 e. The molecule has 2 aromatic heterocycles. The molecule has 0 aliphatic rings. The molecule has 6 nitrogen and oxygen atoms in total. The third-order valence-electron chi connectivity index (χ3n) is 2.61. The van der Waals surface area contributed by atoms with E-state index in [0.29, 0.717) is 17.9 Å². The van der Waals surface area contributed by atoms with Crippen LogP contribution in [0.15, 0.2) is 18.6 Å². The molecule has 0 aliphatic heterocycles. The molecule has 0 saturated carbocycles. The lowest BCUT2D eigenvalue weighted by Crippen LogP contribution is -2.17. The molecule has 8 heteroatoms. The molecular formula is C12H13Cl2N5O. The Balaban J connectivity index is 2.28. The summed E-state index contributed by atoms with van der Waals surface area (Å²) in [5.74, 6) is -0.367. The highest BCUT2D eigenvalue weighted by Crippen LogP contribution is 2.26. The predicted molar refractivity (Wildman–Crippen MR) is 79.1 cm³/mol. The average Bonchev–Trinajstić information content (AvgIpc) is 2.75. The predicted octanol–water partition coefficient (Wildman–Crippen LogP) is 2.83. The number of halogens is 2. The van der Waals surface area contributed by atoms with E-state index in [2.05, 4.69) is 15.3 Å². The highest BCUT2D eigenvalue weighted by atomic mass is 35.5. The van der Waals surface area contributed by atoms with E-state index in [9.17, 15) is 4.79 Å². The Morgan fingerprint density at radius 1 is 1.40 bits per heavy atom. The van der Waals surface area contributed by atoms with Crippen molar-refractivity contribution in [2.45, 2.75) is 19.9 Å². The van der Waals surface area contributed by atoms with Crippen LogP contribution < -0.4 is 11.1 Å². The molecule has 0 radical (unpaired) electrons. The zero-order valence-corrected chi connectivity index (χ0v) is 12.2. The number of hydrogen-bond donors (Lipinski definition) is 2. The lowest BCUT2D eigenvalue weighted by molar-refractivity contribution is 0.101. The number of aryl methyl sites for hydroxylation is 1. The Bertz CT molecular complexity index is 621. The maximum absolute atomic E-state index is 12.3. The summed E-state index contributed by atoms with van der Waals surface area (Å²) in [5, 5.41) is 2.77. The monoisotopic (exact) mass is 313 g/mol. The Hall–Kier alpha value is -1.79. The number of amides is 1. The van der Waals surface area contributed by atoms with Gasteiger partial charge in [-0.15, -0.1) is 0 Å². The molecule has 0 spiro atoms. The fourth-order valence-electron chi connectivity index (χ4n) is 1.77. The van der Waals surface area contributed by atoms with Crippen molar-refractivity contribution in [3.8, 4) is 0 Å². The van der Waals surface area contributed by atoms with Crippen molar-refractivity contribution in [1.29, 1.82) is 0 Å². The summed E-state index contributed by atoms with van der Waals surface area (Å²) in [4.78, 5) is 19.8. The van der Waals surface area contributed by atoms with Gasteiger partial charge in [0.25, 0.3) is 5.91 Å². The van der Waals surface area contributed by atoms with Crippen molar-refractivity contribution in [1.82, 2.24) is 14.5 Å². The van der Waals surface area contributed by atoms with Gasteiger partial charge in [-0.25, -0.2) is 9.97 Å². The van der Waals surface area contributed by atoms with Crippen LogP contribution in [0, 0.1) is 0 Å². The van der Waals surface area contributed by atoms with Crippen LogP contribution in [0.3, 0.4) is 0 Å². The number of rotatable bonds is 4. The number of nitrogens with two attached hydrogens (primary N) is 1. The first-order valence-corrected chi connectivity index (χ1v) is 6.71. The van der Waals surface area contributed by atoms with E-state index in [1.54, 1.807) is 16.8 Å². The summed E-state index contributed by atoms with van der Waals surface area (Å²) in [6.07, 6.45) is 3.81. The molecule has 0 saturated heterocycles. The van der Waals surface area contributed by atoms with Crippen LogP contribution >= 0.6 is 23.2 Å².